The number of unbranched alkanes of at least 4 members (excludes halogenated alkanes) is 8. The summed E-state index contributed by atoms with van der Waals surface area (Å²) in [4.78, 5) is 31.1. The number of esters is 1. The van der Waals surface area contributed by atoms with Crippen LogP contribution in [0.15, 0.2) is 29.4 Å². The van der Waals surface area contributed by atoms with Crippen LogP contribution in [0.5, 0.6) is 0 Å². The molecule has 2 rings (SSSR count). The van der Waals surface area contributed by atoms with Gasteiger partial charge in [0.25, 0.3) is 0 Å². The zero-order valence-corrected chi connectivity index (χ0v) is 18.3. The monoisotopic (exact) mass is 429 g/mol. The molecule has 2 N–H and O–H groups in total. The molecule has 0 atom stereocenters. The number of carbonyl (C=O) groups excluding carboxylic acids is 2. The molecule has 1 amide bonds. The molecule has 0 radical (unpaired) electrons. The van der Waals surface area contributed by atoms with Gasteiger partial charge in [0, 0.05) is 13.0 Å². The Balaban J connectivity index is 1.56. The summed E-state index contributed by atoms with van der Waals surface area (Å²) in [5.41, 5.74) is 8.22. The minimum atomic E-state index is -0.307. The number of nitrogens with zero attached hydrogens (tertiary/aromatic N) is 4. The van der Waals surface area contributed by atoms with Crippen molar-refractivity contribution in [3.05, 3.63) is 24.3 Å². The van der Waals surface area contributed by atoms with E-state index in [-0.39, 0.29) is 17.9 Å². The highest BCUT2D eigenvalue weighted by molar-refractivity contribution is 5.92. The molecule has 0 unspecified atom stereocenters. The Kier molecular flexibility index (Phi) is 11.0. The van der Waals surface area contributed by atoms with Gasteiger partial charge in [-0.05, 0) is 31.9 Å². The lowest BCUT2D eigenvalue weighted by molar-refractivity contribution is -0.143. The summed E-state index contributed by atoms with van der Waals surface area (Å²) in [6, 6.07) is 6.95. The van der Waals surface area contributed by atoms with Crippen molar-refractivity contribution in [3.8, 4) is 0 Å². The summed E-state index contributed by atoms with van der Waals surface area (Å²) in [6.07, 6.45) is 10.4. The summed E-state index contributed by atoms with van der Waals surface area (Å²) in [7, 11) is 0. The Morgan fingerprint density at radius 1 is 1.06 bits per heavy atom. The van der Waals surface area contributed by atoms with E-state index in [2.05, 4.69) is 20.3 Å². The summed E-state index contributed by atoms with van der Waals surface area (Å²) in [6.45, 7) is 2.87. The number of nitrogens with one attached hydrogen (secondary N) is 2. The number of hydrogen-bond donors (Lipinski definition) is 2. The highest BCUT2D eigenvalue weighted by Gasteiger charge is 2.18. The van der Waals surface area contributed by atoms with Gasteiger partial charge in [0.1, 0.15) is 5.53 Å². The van der Waals surface area contributed by atoms with Gasteiger partial charge in [-0.1, -0.05) is 57.1 Å². The summed E-state index contributed by atoms with van der Waals surface area (Å²) in [5.74, 6) is 0.0174. The molecule has 0 saturated carbocycles. The maximum Gasteiger partial charge on any atom is 0.329 e. The summed E-state index contributed by atoms with van der Waals surface area (Å²) >= 11 is 0. The number of fused-ring (bicyclic) bond motifs is 1. The number of ether oxygens (including phenoxy) is 1. The van der Waals surface area contributed by atoms with Gasteiger partial charge in [-0.2, -0.15) is 0 Å². The number of amides is 1. The fraction of sp³-hybridized carbons (Fsp3) is 0.591. The molecule has 2 aromatic rings. The van der Waals surface area contributed by atoms with Crippen LogP contribution >= 0.6 is 0 Å². The summed E-state index contributed by atoms with van der Waals surface area (Å²) in [5, 5.41) is 6.55. The predicted octanol–water partition coefficient (Wildman–Crippen LogP) is 5.24. The molecule has 0 aliphatic rings. The van der Waals surface area contributed by atoms with E-state index in [4.69, 9.17) is 10.3 Å². The Bertz CT molecular complexity index is 888. The number of para-hydroxylation sites is 2. The number of carbonyl (C=O) groups is 2. The minimum Gasteiger partial charge on any atom is -0.466 e. The molecular weight excluding hydrogens is 396 g/mol. The average Bonchev–Trinajstić information content (AvgIpc) is 3.13. The fourth-order valence-electron chi connectivity index (χ4n) is 3.46. The molecule has 0 fully saturated rings. The molecule has 0 bridgehead atoms. The van der Waals surface area contributed by atoms with E-state index in [0.29, 0.717) is 30.6 Å². The Morgan fingerprint density at radius 3 is 2.39 bits per heavy atom. The lowest BCUT2D eigenvalue weighted by Crippen LogP contribution is -2.29. The molecule has 168 valence electrons. The first kappa shape index (κ1) is 24.2. The molecule has 1 aromatic heterocycles. The SMILES string of the molecule is CCOC(=O)CCCCCCCCCCCNC(=O)n1c(N=[N+]=N)nc2ccccc21. The molecule has 0 spiro atoms. The average molecular weight is 430 g/mol. The number of benzene rings is 1. The highest BCUT2D eigenvalue weighted by Crippen LogP contribution is 2.20. The maximum atomic E-state index is 12.6. The molecule has 9 nitrogen and oxygen atoms in total. The van der Waals surface area contributed by atoms with Crippen molar-refractivity contribution in [3.63, 3.8) is 0 Å². The predicted molar refractivity (Wildman–Crippen MR) is 118 cm³/mol. The van der Waals surface area contributed by atoms with Crippen molar-refractivity contribution >= 4 is 29.0 Å². The maximum absolute atomic E-state index is 12.6. The third kappa shape index (κ3) is 8.30. The van der Waals surface area contributed by atoms with Crippen molar-refractivity contribution < 1.29 is 14.3 Å². The van der Waals surface area contributed by atoms with Gasteiger partial charge in [0.15, 0.2) is 5.11 Å². The molecule has 0 aliphatic heterocycles. The second-order valence-electron chi connectivity index (χ2n) is 7.40. The molecule has 1 heterocycles. The molecular formula is C22H33N6O3+. The Hall–Kier alpha value is -3.06. The van der Waals surface area contributed by atoms with Crippen LogP contribution in [0.25, 0.3) is 11.0 Å². The van der Waals surface area contributed by atoms with Crippen LogP contribution in [-0.4, -0.2) is 34.7 Å². The topological polar surface area (TPSA) is 124 Å². The number of hydrogen-bond acceptors (Lipinski definition) is 6. The van der Waals surface area contributed by atoms with E-state index < -0.39 is 0 Å². The van der Waals surface area contributed by atoms with Gasteiger partial charge in [-0.15, -0.1) is 0 Å². The second-order valence-corrected chi connectivity index (χ2v) is 7.40. The van der Waals surface area contributed by atoms with Crippen molar-refractivity contribution in [1.82, 2.24) is 19.8 Å². The van der Waals surface area contributed by atoms with E-state index in [1.54, 1.807) is 12.1 Å². The first-order valence-corrected chi connectivity index (χ1v) is 11.2. The van der Waals surface area contributed by atoms with Crippen molar-refractivity contribution in [2.24, 2.45) is 5.11 Å². The lowest BCUT2D eigenvalue weighted by atomic mass is 10.1. The lowest BCUT2D eigenvalue weighted by Gasteiger charge is -2.07. The van der Waals surface area contributed by atoms with E-state index in [1.165, 1.54) is 23.8 Å². The van der Waals surface area contributed by atoms with E-state index in [9.17, 15) is 9.59 Å². The number of aromatic nitrogens is 2. The fourth-order valence-corrected chi connectivity index (χ4v) is 3.46. The van der Waals surface area contributed by atoms with Crippen LogP contribution in [0, 0.1) is 5.53 Å². The second kappa shape index (κ2) is 14.0. The Labute approximate surface area is 182 Å². The zero-order chi connectivity index (χ0) is 22.3. The van der Waals surface area contributed by atoms with Gasteiger partial charge < -0.3 is 10.1 Å². The minimum absolute atomic E-state index is 0.0900. The van der Waals surface area contributed by atoms with Crippen molar-refractivity contribution in [1.29, 1.82) is 5.53 Å². The third-order valence-electron chi connectivity index (χ3n) is 5.02. The smallest absolute Gasteiger partial charge is 0.329 e. The van der Waals surface area contributed by atoms with Crippen LogP contribution in [-0.2, 0) is 9.53 Å². The van der Waals surface area contributed by atoms with E-state index in [1.807, 2.05) is 19.1 Å². The van der Waals surface area contributed by atoms with Gasteiger partial charge >= 0.3 is 17.9 Å². The normalized spacial score (nSPS) is 10.6. The molecule has 9 heteroatoms. The molecule has 0 saturated heterocycles. The van der Waals surface area contributed by atoms with Gasteiger partial charge in [0.05, 0.1) is 17.6 Å². The first-order chi connectivity index (χ1) is 15.2. The van der Waals surface area contributed by atoms with Gasteiger partial charge in [-0.3, -0.25) is 4.79 Å². The molecule has 31 heavy (non-hydrogen) atoms. The zero-order valence-electron chi connectivity index (χ0n) is 18.3. The van der Waals surface area contributed by atoms with E-state index >= 15 is 0 Å². The molecule has 1 aromatic carbocycles. The van der Waals surface area contributed by atoms with Crippen LogP contribution in [0.1, 0.15) is 71.1 Å². The van der Waals surface area contributed by atoms with Crippen molar-refractivity contribution in [2.75, 3.05) is 13.2 Å². The highest BCUT2D eigenvalue weighted by atomic mass is 16.5. The van der Waals surface area contributed by atoms with Crippen LogP contribution in [0.2, 0.25) is 0 Å². The first-order valence-electron chi connectivity index (χ1n) is 11.2. The third-order valence-corrected chi connectivity index (χ3v) is 5.02. The van der Waals surface area contributed by atoms with Crippen LogP contribution in [0.4, 0.5) is 10.7 Å². The Morgan fingerprint density at radius 2 is 1.71 bits per heavy atom. The summed E-state index contributed by atoms with van der Waals surface area (Å²) < 4.78 is 6.28. The number of imidazole rings is 1. The van der Waals surface area contributed by atoms with Crippen molar-refractivity contribution in [2.45, 2.75) is 71.1 Å². The standard InChI is InChI=1S/C22H32N6O3/c1-2-31-20(29)16-10-8-6-4-3-5-7-9-13-17-24-22(30)28-19-15-12-11-14-18(19)25-21(28)26-27-23/h11-12,14-15,23H,2-10,13,16-17H2,1H3/p+1. The molecule has 0 aliphatic carbocycles. The van der Waals surface area contributed by atoms with Crippen LogP contribution in [0.3, 0.4) is 0 Å². The van der Waals surface area contributed by atoms with Crippen LogP contribution < -0.4 is 10.2 Å². The quantitative estimate of drug-likeness (QED) is 0.184. The van der Waals surface area contributed by atoms with E-state index in [0.717, 1.165) is 38.5 Å². The van der Waals surface area contributed by atoms with Gasteiger partial charge in [0.2, 0.25) is 4.91 Å². The number of rotatable bonds is 14. The van der Waals surface area contributed by atoms with Gasteiger partial charge in [-0.25, -0.2) is 14.3 Å². The largest absolute Gasteiger partial charge is 0.466 e.